The highest BCUT2D eigenvalue weighted by Crippen LogP contribution is 2.22. The minimum Gasteiger partial charge on any atom is -0.478 e. The number of thiazole rings is 1. The number of nitrogens with zero attached hydrogens (tertiary/aromatic N) is 1. The van der Waals surface area contributed by atoms with Crippen molar-refractivity contribution in [1.82, 2.24) is 10.3 Å². The summed E-state index contributed by atoms with van der Waals surface area (Å²) >= 11 is 1.44. The van der Waals surface area contributed by atoms with Gasteiger partial charge in [0.15, 0.2) is 0 Å². The first-order chi connectivity index (χ1) is 8.25. The molecule has 6 heteroatoms. The van der Waals surface area contributed by atoms with Crippen LogP contribution < -0.4 is 5.32 Å². The Morgan fingerprint density at radius 1 is 1.33 bits per heavy atom. The van der Waals surface area contributed by atoms with Crippen molar-refractivity contribution in [3.63, 3.8) is 0 Å². The molecule has 0 aliphatic carbocycles. The monoisotopic (exact) mass is 268 g/mol. The van der Waals surface area contributed by atoms with Gasteiger partial charge in [-0.3, -0.25) is 4.79 Å². The van der Waals surface area contributed by atoms with Gasteiger partial charge in [-0.05, 0) is 27.7 Å². The summed E-state index contributed by atoms with van der Waals surface area (Å²) in [6.07, 6.45) is 1.67. The van der Waals surface area contributed by atoms with Crippen LogP contribution in [0.5, 0.6) is 0 Å². The third-order valence-corrected chi connectivity index (χ3v) is 3.71. The molecule has 0 spiro atoms. The van der Waals surface area contributed by atoms with E-state index in [4.69, 9.17) is 5.11 Å². The Hall–Kier alpha value is -1.69. The molecule has 0 saturated heterocycles. The fourth-order valence-electron chi connectivity index (χ4n) is 1.29. The maximum Gasteiger partial charge on any atom is 0.331 e. The van der Waals surface area contributed by atoms with Gasteiger partial charge in [0.05, 0.1) is 5.54 Å². The third kappa shape index (κ3) is 3.16. The Morgan fingerprint density at radius 3 is 2.39 bits per heavy atom. The molecule has 0 atom stereocenters. The van der Waals surface area contributed by atoms with E-state index in [1.807, 2.05) is 19.2 Å². The highest BCUT2D eigenvalue weighted by Gasteiger charge is 2.26. The van der Waals surface area contributed by atoms with Gasteiger partial charge in [0.2, 0.25) is 5.91 Å². The van der Waals surface area contributed by atoms with E-state index in [9.17, 15) is 9.59 Å². The Morgan fingerprint density at radius 2 is 1.94 bits per heavy atom. The lowest BCUT2D eigenvalue weighted by Gasteiger charge is -2.24. The number of aromatic nitrogens is 1. The van der Waals surface area contributed by atoms with Crippen LogP contribution in [0.15, 0.2) is 22.7 Å². The molecule has 0 fully saturated rings. The summed E-state index contributed by atoms with van der Waals surface area (Å²) in [5, 5.41) is 14.2. The van der Waals surface area contributed by atoms with Crippen molar-refractivity contribution in [2.45, 2.75) is 33.2 Å². The summed E-state index contributed by atoms with van der Waals surface area (Å²) < 4.78 is 0. The zero-order valence-corrected chi connectivity index (χ0v) is 11.6. The number of aliphatic carboxylic acids is 1. The van der Waals surface area contributed by atoms with Gasteiger partial charge in [0.25, 0.3) is 0 Å². The van der Waals surface area contributed by atoms with Gasteiger partial charge in [0.1, 0.15) is 5.01 Å². The molecule has 98 valence electrons. The van der Waals surface area contributed by atoms with Crippen molar-refractivity contribution < 1.29 is 14.7 Å². The molecular weight excluding hydrogens is 252 g/mol. The molecule has 0 saturated carbocycles. The molecule has 1 amide bonds. The lowest BCUT2D eigenvalue weighted by Crippen LogP contribution is -2.41. The van der Waals surface area contributed by atoms with Gasteiger partial charge >= 0.3 is 5.97 Å². The number of hydrogen-bond acceptors (Lipinski definition) is 4. The van der Waals surface area contributed by atoms with E-state index in [0.29, 0.717) is 0 Å². The summed E-state index contributed by atoms with van der Waals surface area (Å²) in [5.41, 5.74) is -0.375. The predicted octanol–water partition coefficient (Wildman–Crippen LogP) is 1.92. The van der Waals surface area contributed by atoms with Crippen molar-refractivity contribution in [3.8, 4) is 0 Å². The fraction of sp³-hybridized carbons (Fsp3) is 0.417. The summed E-state index contributed by atoms with van der Waals surface area (Å²) in [5.74, 6) is -1.48. The molecule has 2 N–H and O–H groups in total. The lowest BCUT2D eigenvalue weighted by atomic mass is 10.0. The topological polar surface area (TPSA) is 79.3 Å². The second-order valence-electron chi connectivity index (χ2n) is 4.47. The number of nitrogens with one attached hydrogen (secondary N) is 1. The standard InChI is InChI=1S/C12H16N2O3S/c1-7(8(2)10(16)17)9(15)14-12(3,4)11-13-5-6-18-11/h5-6H,1-4H3,(H,14,15)(H,16,17)/b8-7+. The maximum absolute atomic E-state index is 11.9. The average Bonchev–Trinajstić information content (AvgIpc) is 2.80. The third-order valence-electron chi connectivity index (χ3n) is 2.62. The number of hydrogen-bond donors (Lipinski definition) is 2. The first kappa shape index (κ1) is 14.4. The largest absolute Gasteiger partial charge is 0.478 e. The van der Waals surface area contributed by atoms with Gasteiger partial charge in [-0.1, -0.05) is 0 Å². The van der Waals surface area contributed by atoms with Crippen LogP contribution in [-0.2, 0) is 15.1 Å². The zero-order valence-electron chi connectivity index (χ0n) is 10.8. The van der Waals surface area contributed by atoms with Crippen LogP contribution in [0.25, 0.3) is 0 Å². The highest BCUT2D eigenvalue weighted by atomic mass is 32.1. The van der Waals surface area contributed by atoms with E-state index in [-0.39, 0.29) is 11.1 Å². The van der Waals surface area contributed by atoms with Crippen LogP contribution in [-0.4, -0.2) is 22.0 Å². The van der Waals surface area contributed by atoms with E-state index in [1.165, 1.54) is 25.2 Å². The van der Waals surface area contributed by atoms with Crippen molar-refractivity contribution in [2.24, 2.45) is 0 Å². The first-order valence-electron chi connectivity index (χ1n) is 5.39. The molecule has 1 heterocycles. The predicted molar refractivity (Wildman–Crippen MR) is 69.3 cm³/mol. The van der Waals surface area contributed by atoms with E-state index in [0.717, 1.165) is 5.01 Å². The van der Waals surface area contributed by atoms with Gasteiger partial charge in [-0.2, -0.15) is 0 Å². The number of carbonyl (C=O) groups is 2. The Kier molecular flexibility index (Phi) is 4.24. The summed E-state index contributed by atoms with van der Waals surface area (Å²) in [6.45, 7) is 6.56. The highest BCUT2D eigenvalue weighted by molar-refractivity contribution is 7.09. The minimum atomic E-state index is -1.09. The average molecular weight is 268 g/mol. The number of carboxylic acid groups (broad SMARTS) is 1. The quantitative estimate of drug-likeness (QED) is 0.818. The van der Waals surface area contributed by atoms with E-state index in [2.05, 4.69) is 10.3 Å². The summed E-state index contributed by atoms with van der Waals surface area (Å²) in [4.78, 5) is 26.9. The smallest absolute Gasteiger partial charge is 0.331 e. The van der Waals surface area contributed by atoms with Crippen molar-refractivity contribution >= 4 is 23.2 Å². The molecule has 0 unspecified atom stereocenters. The molecule has 1 aromatic rings. The Balaban J connectivity index is 2.89. The molecule has 0 aliphatic rings. The van der Waals surface area contributed by atoms with E-state index < -0.39 is 17.4 Å². The SMILES string of the molecule is C/C(C(=O)O)=C(/C)C(=O)NC(C)(C)c1nccs1. The van der Waals surface area contributed by atoms with Crippen molar-refractivity contribution in [1.29, 1.82) is 0 Å². The normalized spacial score (nSPS) is 12.9. The molecule has 18 heavy (non-hydrogen) atoms. The molecule has 0 aromatic carbocycles. The van der Waals surface area contributed by atoms with Gasteiger partial charge in [-0.15, -0.1) is 11.3 Å². The number of rotatable bonds is 4. The lowest BCUT2D eigenvalue weighted by molar-refractivity contribution is -0.133. The molecule has 1 aromatic heterocycles. The Labute approximate surface area is 110 Å². The summed E-state index contributed by atoms with van der Waals surface area (Å²) in [7, 11) is 0. The van der Waals surface area contributed by atoms with Gasteiger partial charge < -0.3 is 10.4 Å². The van der Waals surface area contributed by atoms with Crippen LogP contribution in [0.3, 0.4) is 0 Å². The maximum atomic E-state index is 11.9. The minimum absolute atomic E-state index is 0.0439. The number of amides is 1. The fourth-order valence-corrected chi connectivity index (χ4v) is 2.01. The number of carboxylic acids is 1. The number of carbonyl (C=O) groups excluding carboxylic acids is 1. The second-order valence-corrected chi connectivity index (χ2v) is 5.37. The van der Waals surface area contributed by atoms with Crippen LogP contribution in [0, 0.1) is 0 Å². The molecule has 5 nitrogen and oxygen atoms in total. The molecule has 0 bridgehead atoms. The second kappa shape index (κ2) is 5.30. The molecule has 0 aliphatic heterocycles. The van der Waals surface area contributed by atoms with E-state index in [1.54, 1.807) is 6.20 Å². The molecular formula is C12H16N2O3S. The molecule has 1 rings (SSSR count). The first-order valence-corrected chi connectivity index (χ1v) is 6.27. The molecule has 0 radical (unpaired) electrons. The van der Waals surface area contributed by atoms with E-state index >= 15 is 0 Å². The summed E-state index contributed by atoms with van der Waals surface area (Å²) in [6, 6.07) is 0. The zero-order chi connectivity index (χ0) is 13.9. The van der Waals surface area contributed by atoms with Crippen LogP contribution in [0.4, 0.5) is 0 Å². The van der Waals surface area contributed by atoms with Crippen molar-refractivity contribution in [3.05, 3.63) is 27.7 Å². The van der Waals surface area contributed by atoms with Crippen LogP contribution >= 0.6 is 11.3 Å². The van der Waals surface area contributed by atoms with Crippen LogP contribution in [0.1, 0.15) is 32.7 Å². The van der Waals surface area contributed by atoms with Crippen LogP contribution in [0.2, 0.25) is 0 Å². The Bertz CT molecular complexity index is 489. The van der Waals surface area contributed by atoms with Gasteiger partial charge in [-0.25, -0.2) is 9.78 Å². The van der Waals surface area contributed by atoms with Gasteiger partial charge in [0, 0.05) is 22.7 Å². The van der Waals surface area contributed by atoms with Crippen molar-refractivity contribution in [2.75, 3.05) is 0 Å².